The van der Waals surface area contributed by atoms with Gasteiger partial charge in [-0.05, 0) is 17.7 Å². The van der Waals surface area contributed by atoms with Crippen LogP contribution in [0.1, 0.15) is 24.1 Å². The van der Waals surface area contributed by atoms with Gasteiger partial charge in [0.05, 0.1) is 13.7 Å². The summed E-state index contributed by atoms with van der Waals surface area (Å²) < 4.78 is 10.9. The van der Waals surface area contributed by atoms with Crippen LogP contribution in [0.15, 0.2) is 42.6 Å². The number of nitrogens with one attached hydrogen (secondary N) is 1. The minimum atomic E-state index is 0.300. The third-order valence-electron chi connectivity index (χ3n) is 3.86. The van der Waals surface area contributed by atoms with Crippen molar-refractivity contribution < 1.29 is 9.47 Å². The van der Waals surface area contributed by atoms with Gasteiger partial charge in [0.1, 0.15) is 5.75 Å². The van der Waals surface area contributed by atoms with Crippen molar-refractivity contribution in [3.05, 3.63) is 53.7 Å². The van der Waals surface area contributed by atoms with E-state index in [1.807, 2.05) is 24.3 Å². The molecule has 1 aromatic carbocycles. The van der Waals surface area contributed by atoms with Gasteiger partial charge in [0.2, 0.25) is 5.88 Å². The van der Waals surface area contributed by atoms with Crippen LogP contribution in [0, 0.1) is 5.92 Å². The lowest BCUT2D eigenvalue weighted by atomic mass is 9.92. The quantitative estimate of drug-likeness (QED) is 0.937. The summed E-state index contributed by atoms with van der Waals surface area (Å²) in [7, 11) is 1.64. The van der Waals surface area contributed by atoms with E-state index >= 15 is 0 Å². The van der Waals surface area contributed by atoms with Crippen LogP contribution in [0.3, 0.4) is 0 Å². The van der Waals surface area contributed by atoms with Gasteiger partial charge in [0.25, 0.3) is 0 Å². The van der Waals surface area contributed by atoms with E-state index in [-0.39, 0.29) is 0 Å². The van der Waals surface area contributed by atoms with Crippen molar-refractivity contribution in [3.8, 4) is 11.6 Å². The van der Waals surface area contributed by atoms with Crippen LogP contribution in [0.5, 0.6) is 11.6 Å². The molecule has 0 aliphatic carbocycles. The molecule has 2 aromatic rings. The highest BCUT2D eigenvalue weighted by Crippen LogP contribution is 2.35. The highest BCUT2D eigenvalue weighted by atomic mass is 16.5. The Morgan fingerprint density at radius 2 is 2.19 bits per heavy atom. The fraction of sp³-hybridized carbons (Fsp3) is 0.353. The summed E-state index contributed by atoms with van der Waals surface area (Å²) in [6.07, 6.45) is 1.78. The zero-order valence-electron chi connectivity index (χ0n) is 12.4. The maximum absolute atomic E-state index is 5.78. The van der Waals surface area contributed by atoms with E-state index in [2.05, 4.69) is 29.4 Å². The molecular weight excluding hydrogens is 264 g/mol. The molecule has 2 atom stereocenters. The zero-order chi connectivity index (χ0) is 14.7. The number of pyridine rings is 1. The monoisotopic (exact) mass is 284 g/mol. The summed E-state index contributed by atoms with van der Waals surface area (Å²) in [6.45, 7) is 3.73. The fourth-order valence-electron chi connectivity index (χ4n) is 2.70. The minimum Gasteiger partial charge on any atom is -0.493 e. The number of hydrogen-bond acceptors (Lipinski definition) is 4. The lowest BCUT2D eigenvalue weighted by Gasteiger charge is -2.32. The van der Waals surface area contributed by atoms with Crippen LogP contribution in [-0.4, -0.2) is 18.7 Å². The van der Waals surface area contributed by atoms with Crippen molar-refractivity contribution >= 4 is 0 Å². The molecule has 1 aromatic heterocycles. The molecule has 21 heavy (non-hydrogen) atoms. The Bertz CT molecular complexity index is 615. The Labute approximate surface area is 125 Å². The summed E-state index contributed by atoms with van der Waals surface area (Å²) in [6, 6.07) is 12.5. The van der Waals surface area contributed by atoms with Crippen LogP contribution in [0.4, 0.5) is 0 Å². The first-order valence-electron chi connectivity index (χ1n) is 7.22. The molecule has 3 rings (SSSR count). The van der Waals surface area contributed by atoms with Crippen molar-refractivity contribution in [2.45, 2.75) is 19.5 Å². The van der Waals surface area contributed by atoms with Gasteiger partial charge in [-0.3, -0.25) is 0 Å². The fourth-order valence-corrected chi connectivity index (χ4v) is 2.70. The number of hydrogen-bond donors (Lipinski definition) is 1. The smallest absolute Gasteiger partial charge is 0.213 e. The molecule has 0 amide bonds. The molecule has 2 heterocycles. The molecular formula is C17H20N2O2. The van der Waals surface area contributed by atoms with Crippen LogP contribution < -0.4 is 14.8 Å². The van der Waals surface area contributed by atoms with Crippen LogP contribution >= 0.6 is 0 Å². The van der Waals surface area contributed by atoms with Crippen LogP contribution in [0.25, 0.3) is 0 Å². The van der Waals surface area contributed by atoms with E-state index in [4.69, 9.17) is 9.47 Å². The van der Waals surface area contributed by atoms with Crippen LogP contribution in [0.2, 0.25) is 0 Å². The maximum Gasteiger partial charge on any atom is 0.213 e. The summed E-state index contributed by atoms with van der Waals surface area (Å²) in [5.74, 6) is 2.07. The second-order valence-electron chi connectivity index (χ2n) is 5.39. The predicted molar refractivity (Wildman–Crippen MR) is 81.5 cm³/mol. The molecule has 0 saturated heterocycles. The number of fused-ring (bicyclic) bond motifs is 1. The average molecular weight is 284 g/mol. The third kappa shape index (κ3) is 3.00. The first kappa shape index (κ1) is 13.9. The number of aromatic nitrogens is 1. The average Bonchev–Trinajstić information content (AvgIpc) is 2.54. The number of ether oxygens (including phenoxy) is 2. The first-order chi connectivity index (χ1) is 10.3. The number of benzene rings is 1. The van der Waals surface area contributed by atoms with E-state index in [0.29, 0.717) is 17.8 Å². The zero-order valence-corrected chi connectivity index (χ0v) is 12.4. The maximum atomic E-state index is 5.78. The number of para-hydroxylation sites is 1. The molecule has 0 bridgehead atoms. The highest BCUT2D eigenvalue weighted by Gasteiger charge is 2.27. The minimum absolute atomic E-state index is 0.300. The van der Waals surface area contributed by atoms with E-state index < -0.39 is 0 Å². The van der Waals surface area contributed by atoms with E-state index in [0.717, 1.165) is 24.5 Å². The second-order valence-corrected chi connectivity index (χ2v) is 5.39. The molecule has 2 unspecified atom stereocenters. The SMILES string of the molecule is COc1cc(CNC2c3ccccc3OCC2C)ccn1. The summed E-state index contributed by atoms with van der Waals surface area (Å²) in [5, 5.41) is 3.63. The Morgan fingerprint density at radius 1 is 1.33 bits per heavy atom. The van der Waals surface area contributed by atoms with Gasteiger partial charge < -0.3 is 14.8 Å². The normalized spacial score (nSPS) is 20.5. The molecule has 110 valence electrons. The van der Waals surface area contributed by atoms with Crippen molar-refractivity contribution in [3.63, 3.8) is 0 Å². The van der Waals surface area contributed by atoms with Gasteiger partial charge in [-0.2, -0.15) is 0 Å². The first-order valence-corrected chi connectivity index (χ1v) is 7.22. The van der Waals surface area contributed by atoms with Gasteiger partial charge in [-0.1, -0.05) is 25.1 Å². The second kappa shape index (κ2) is 6.14. The predicted octanol–water partition coefficient (Wildman–Crippen LogP) is 2.95. The van der Waals surface area contributed by atoms with E-state index in [9.17, 15) is 0 Å². The van der Waals surface area contributed by atoms with Gasteiger partial charge in [0, 0.05) is 36.3 Å². The van der Waals surface area contributed by atoms with Gasteiger partial charge >= 0.3 is 0 Å². The van der Waals surface area contributed by atoms with Gasteiger partial charge in [-0.15, -0.1) is 0 Å². The standard InChI is InChI=1S/C17H20N2O2/c1-12-11-21-15-6-4-3-5-14(15)17(12)19-10-13-7-8-18-16(9-13)20-2/h3-9,12,17,19H,10-11H2,1-2H3. The van der Waals surface area contributed by atoms with Crippen molar-refractivity contribution in [2.24, 2.45) is 5.92 Å². The molecule has 4 nitrogen and oxygen atoms in total. The van der Waals surface area contributed by atoms with E-state index in [1.54, 1.807) is 13.3 Å². The van der Waals surface area contributed by atoms with Crippen molar-refractivity contribution in [1.82, 2.24) is 10.3 Å². The van der Waals surface area contributed by atoms with Crippen molar-refractivity contribution in [2.75, 3.05) is 13.7 Å². The molecule has 0 spiro atoms. The summed E-state index contributed by atoms with van der Waals surface area (Å²) in [4.78, 5) is 4.13. The molecule has 1 aliphatic rings. The largest absolute Gasteiger partial charge is 0.493 e. The summed E-state index contributed by atoms with van der Waals surface area (Å²) >= 11 is 0. The molecule has 0 saturated carbocycles. The summed E-state index contributed by atoms with van der Waals surface area (Å²) in [5.41, 5.74) is 2.40. The number of nitrogens with zero attached hydrogens (tertiary/aromatic N) is 1. The van der Waals surface area contributed by atoms with Crippen molar-refractivity contribution in [1.29, 1.82) is 0 Å². The highest BCUT2D eigenvalue weighted by molar-refractivity contribution is 5.38. The Hall–Kier alpha value is -2.07. The molecule has 0 radical (unpaired) electrons. The molecule has 1 N–H and O–H groups in total. The number of rotatable bonds is 4. The van der Waals surface area contributed by atoms with Crippen LogP contribution in [-0.2, 0) is 6.54 Å². The molecule has 0 fully saturated rings. The number of methoxy groups -OCH3 is 1. The van der Waals surface area contributed by atoms with E-state index in [1.165, 1.54) is 5.56 Å². The Kier molecular flexibility index (Phi) is 4.06. The van der Waals surface area contributed by atoms with Gasteiger partial charge in [-0.25, -0.2) is 4.98 Å². The third-order valence-corrected chi connectivity index (χ3v) is 3.86. The lowest BCUT2D eigenvalue weighted by molar-refractivity contribution is 0.188. The topological polar surface area (TPSA) is 43.4 Å². The molecule has 1 aliphatic heterocycles. The Morgan fingerprint density at radius 3 is 3.05 bits per heavy atom. The van der Waals surface area contributed by atoms with Gasteiger partial charge in [0.15, 0.2) is 0 Å². The lowest BCUT2D eigenvalue weighted by Crippen LogP contribution is -2.33. The molecule has 4 heteroatoms. The Balaban J connectivity index is 1.75.